The third kappa shape index (κ3) is 7.40. The molecule has 1 atom stereocenters. The molecular weight excluding hydrogens is 211 g/mol. The van der Waals surface area contributed by atoms with E-state index in [-0.39, 0.29) is 0 Å². The van der Waals surface area contributed by atoms with Gasteiger partial charge in [-0.25, -0.2) is 0 Å². The number of rotatable bonds is 5. The molecule has 6 heteroatoms. The van der Waals surface area contributed by atoms with Crippen molar-refractivity contribution in [3.8, 4) is 0 Å². The fraction of sp³-hybridized carbons (Fsp3) is 1.00. The minimum Gasteiger partial charge on any atom is -0.324 e. The monoisotopic (exact) mass is 228 g/mol. The van der Waals surface area contributed by atoms with Gasteiger partial charge in [0.05, 0.1) is 6.61 Å². The van der Waals surface area contributed by atoms with Gasteiger partial charge in [0, 0.05) is 15.2 Å². The van der Waals surface area contributed by atoms with Crippen LogP contribution in [0.25, 0.3) is 0 Å². The highest BCUT2D eigenvalue weighted by Crippen LogP contribution is 2.42. The van der Waals surface area contributed by atoms with Gasteiger partial charge >= 0.3 is 6.72 Å². The van der Waals surface area contributed by atoms with E-state index in [0.29, 0.717) is 6.61 Å². The Hall–Kier alpha value is 0.747. The van der Waals surface area contributed by atoms with Crippen molar-refractivity contribution in [2.75, 3.05) is 13.7 Å². The predicted octanol–water partition coefficient (Wildman–Crippen LogP) is 2.20. The van der Waals surface area contributed by atoms with Crippen LogP contribution >= 0.6 is 6.72 Å². The average Bonchev–Trinajstić information content (AvgIpc) is 1.84. The zero-order valence-electron chi connectivity index (χ0n) is 8.03. The van der Waals surface area contributed by atoms with Gasteiger partial charge in [-0.3, -0.25) is 0 Å². The second-order valence-electron chi connectivity index (χ2n) is 3.80. The molecule has 0 rings (SSSR count). The zero-order valence-corrected chi connectivity index (χ0v) is 10.7. The standard InChI is InChI=1S/C6H17O3PSSi/c1-8-10(7,11)9-5-6-12(2,3)4/h5-6H2,1-4H3,(H,7,11). The second kappa shape index (κ2) is 4.84. The van der Waals surface area contributed by atoms with E-state index in [9.17, 15) is 4.89 Å². The Bertz CT molecular complexity index is 180. The first-order chi connectivity index (χ1) is 5.27. The van der Waals surface area contributed by atoms with Crippen molar-refractivity contribution in [3.63, 3.8) is 0 Å². The topological polar surface area (TPSA) is 38.7 Å². The minimum absolute atomic E-state index is 0.511. The van der Waals surface area contributed by atoms with Crippen LogP contribution in [0.15, 0.2) is 0 Å². The van der Waals surface area contributed by atoms with Crippen molar-refractivity contribution in [3.05, 3.63) is 0 Å². The van der Waals surface area contributed by atoms with Crippen LogP contribution in [0, 0.1) is 0 Å². The Balaban J connectivity index is 3.65. The molecule has 0 saturated heterocycles. The Kier molecular flexibility index (Phi) is 5.14. The van der Waals surface area contributed by atoms with Gasteiger partial charge in [0.25, 0.3) is 0 Å². The normalized spacial score (nSPS) is 17.4. The highest BCUT2D eigenvalue weighted by molar-refractivity contribution is 8.07. The summed E-state index contributed by atoms with van der Waals surface area (Å²) in [6, 6.07) is 0.995. The lowest BCUT2D eigenvalue weighted by Gasteiger charge is -2.18. The first kappa shape index (κ1) is 12.7. The smallest absolute Gasteiger partial charge is 0.324 e. The molecule has 0 fully saturated rings. The largest absolute Gasteiger partial charge is 0.324 e. The van der Waals surface area contributed by atoms with Gasteiger partial charge in [0.2, 0.25) is 0 Å². The van der Waals surface area contributed by atoms with Crippen LogP contribution < -0.4 is 0 Å². The third-order valence-electron chi connectivity index (χ3n) is 1.34. The fourth-order valence-corrected chi connectivity index (χ4v) is 2.06. The van der Waals surface area contributed by atoms with Crippen molar-refractivity contribution in [2.24, 2.45) is 0 Å². The molecule has 0 bridgehead atoms. The molecule has 3 nitrogen and oxygen atoms in total. The van der Waals surface area contributed by atoms with Gasteiger partial charge in [0.1, 0.15) is 0 Å². The van der Waals surface area contributed by atoms with Crippen LogP contribution in [0.3, 0.4) is 0 Å². The second-order valence-corrected chi connectivity index (χ2v) is 12.4. The molecule has 0 aliphatic carbocycles. The maximum Gasteiger partial charge on any atom is 0.324 e. The molecule has 0 aromatic rings. The third-order valence-corrected chi connectivity index (χ3v) is 4.78. The van der Waals surface area contributed by atoms with Gasteiger partial charge < -0.3 is 13.9 Å². The minimum atomic E-state index is -2.90. The molecule has 0 spiro atoms. The summed E-state index contributed by atoms with van der Waals surface area (Å²) in [7, 11) is 0.280. The van der Waals surface area contributed by atoms with E-state index in [2.05, 4.69) is 36.0 Å². The Morgan fingerprint density at radius 2 is 1.92 bits per heavy atom. The summed E-state index contributed by atoms with van der Waals surface area (Å²) in [5.41, 5.74) is 0. The molecule has 0 amide bonds. The molecule has 1 unspecified atom stereocenters. The van der Waals surface area contributed by atoms with Crippen LogP contribution in [-0.4, -0.2) is 26.7 Å². The maximum absolute atomic E-state index is 9.22. The Labute approximate surface area is 80.3 Å². The molecule has 0 aliphatic heterocycles. The van der Waals surface area contributed by atoms with E-state index in [1.54, 1.807) is 0 Å². The van der Waals surface area contributed by atoms with E-state index in [4.69, 9.17) is 4.52 Å². The van der Waals surface area contributed by atoms with Gasteiger partial charge in [-0.2, -0.15) is 0 Å². The summed E-state index contributed by atoms with van der Waals surface area (Å²) >= 11 is 4.67. The van der Waals surface area contributed by atoms with Gasteiger partial charge in [-0.15, -0.1) is 0 Å². The summed E-state index contributed by atoms with van der Waals surface area (Å²) in [6.07, 6.45) is 0. The van der Waals surface area contributed by atoms with E-state index in [1.807, 2.05) is 0 Å². The van der Waals surface area contributed by atoms with E-state index in [0.717, 1.165) is 6.04 Å². The van der Waals surface area contributed by atoms with Crippen LogP contribution in [0.1, 0.15) is 0 Å². The first-order valence-corrected chi connectivity index (χ1v) is 10.1. The summed E-state index contributed by atoms with van der Waals surface area (Å²) < 4.78 is 9.68. The molecule has 0 aromatic heterocycles. The van der Waals surface area contributed by atoms with Crippen LogP contribution in [0.5, 0.6) is 0 Å². The van der Waals surface area contributed by atoms with Gasteiger partial charge in [-0.1, -0.05) is 19.6 Å². The lowest BCUT2D eigenvalue weighted by Crippen LogP contribution is -2.21. The van der Waals surface area contributed by atoms with Gasteiger partial charge in [-0.05, 0) is 17.9 Å². The SMILES string of the molecule is COP(O)(=S)OCC[Si](C)(C)C. The molecule has 1 N–H and O–H groups in total. The van der Waals surface area contributed by atoms with Crippen LogP contribution in [-0.2, 0) is 20.9 Å². The summed E-state index contributed by atoms with van der Waals surface area (Å²) in [4.78, 5) is 9.22. The van der Waals surface area contributed by atoms with Crippen molar-refractivity contribution in [1.29, 1.82) is 0 Å². The predicted molar refractivity (Wildman–Crippen MR) is 57.6 cm³/mol. The lowest BCUT2D eigenvalue weighted by molar-refractivity contribution is 0.235. The zero-order chi connectivity index (χ0) is 9.83. The summed E-state index contributed by atoms with van der Waals surface area (Å²) in [5.74, 6) is 0. The number of hydrogen-bond acceptors (Lipinski definition) is 3. The summed E-state index contributed by atoms with van der Waals surface area (Å²) in [5, 5.41) is 0. The molecule has 0 aromatic carbocycles. The van der Waals surface area contributed by atoms with Gasteiger partial charge in [0.15, 0.2) is 0 Å². The highest BCUT2D eigenvalue weighted by Gasteiger charge is 2.16. The van der Waals surface area contributed by atoms with Crippen molar-refractivity contribution >= 4 is 26.6 Å². The number of hydrogen-bond donors (Lipinski definition) is 1. The highest BCUT2D eigenvalue weighted by atomic mass is 32.5. The van der Waals surface area contributed by atoms with Crippen LogP contribution in [0.2, 0.25) is 25.7 Å². The molecule has 0 heterocycles. The first-order valence-electron chi connectivity index (χ1n) is 3.80. The Morgan fingerprint density at radius 3 is 2.25 bits per heavy atom. The average molecular weight is 228 g/mol. The van der Waals surface area contributed by atoms with Crippen LogP contribution in [0.4, 0.5) is 0 Å². The van der Waals surface area contributed by atoms with Crippen molar-refractivity contribution in [2.45, 2.75) is 25.7 Å². The summed E-state index contributed by atoms with van der Waals surface area (Å²) in [6.45, 7) is 4.33. The van der Waals surface area contributed by atoms with E-state index >= 15 is 0 Å². The quantitative estimate of drug-likeness (QED) is 0.578. The molecule has 0 saturated carbocycles. The Morgan fingerprint density at radius 1 is 1.42 bits per heavy atom. The maximum atomic E-state index is 9.22. The molecule has 74 valence electrons. The molecular formula is C6H17O3PSSi. The molecule has 0 aliphatic rings. The lowest BCUT2D eigenvalue weighted by atomic mass is 10.9. The fourth-order valence-electron chi connectivity index (χ4n) is 0.520. The van der Waals surface area contributed by atoms with E-state index < -0.39 is 14.8 Å². The van der Waals surface area contributed by atoms with Crippen molar-refractivity contribution < 1.29 is 13.9 Å². The molecule has 12 heavy (non-hydrogen) atoms. The van der Waals surface area contributed by atoms with Crippen molar-refractivity contribution in [1.82, 2.24) is 0 Å². The molecule has 0 radical (unpaired) electrons. The van der Waals surface area contributed by atoms with E-state index in [1.165, 1.54) is 7.11 Å².